The molecule has 0 aromatic heterocycles. The lowest BCUT2D eigenvalue weighted by molar-refractivity contribution is -0.131. The highest BCUT2D eigenvalue weighted by Crippen LogP contribution is 2.31. The van der Waals surface area contributed by atoms with Crippen LogP contribution in [0.3, 0.4) is 0 Å². The Morgan fingerprint density at radius 2 is 1.68 bits per heavy atom. The van der Waals surface area contributed by atoms with Gasteiger partial charge >= 0.3 is 6.03 Å². The van der Waals surface area contributed by atoms with Crippen molar-refractivity contribution in [3.63, 3.8) is 0 Å². The van der Waals surface area contributed by atoms with E-state index >= 15 is 0 Å². The highest BCUT2D eigenvalue weighted by Gasteiger charge is 2.48. The molecule has 1 aliphatic heterocycles. The second kappa shape index (κ2) is 7.80. The molecule has 2 aromatic carbocycles. The molecule has 3 rings (SSSR count). The summed E-state index contributed by atoms with van der Waals surface area (Å²) in [5, 5.41) is 2.80. The maximum absolute atomic E-state index is 13.0. The van der Waals surface area contributed by atoms with Gasteiger partial charge in [-0.1, -0.05) is 6.07 Å². The summed E-state index contributed by atoms with van der Waals surface area (Å²) >= 11 is 0. The number of carbonyl (C=O) groups is 2. The number of carbonyl (C=O) groups excluding carboxylic acids is 2. The van der Waals surface area contributed by atoms with E-state index < -0.39 is 11.6 Å². The van der Waals surface area contributed by atoms with Gasteiger partial charge in [-0.05, 0) is 61.4 Å². The number of benzene rings is 2. The van der Waals surface area contributed by atoms with Crippen molar-refractivity contribution >= 4 is 11.9 Å². The minimum absolute atomic E-state index is 0.154. The van der Waals surface area contributed by atoms with Crippen LogP contribution in [0.15, 0.2) is 42.5 Å². The third-order valence-electron chi connectivity index (χ3n) is 4.89. The van der Waals surface area contributed by atoms with Gasteiger partial charge in [-0.25, -0.2) is 4.79 Å². The van der Waals surface area contributed by atoms with Gasteiger partial charge < -0.3 is 19.5 Å². The fourth-order valence-electron chi connectivity index (χ4n) is 3.21. The van der Waals surface area contributed by atoms with Crippen molar-refractivity contribution in [1.29, 1.82) is 0 Å². The minimum atomic E-state index is -1.12. The molecule has 7 heteroatoms. The van der Waals surface area contributed by atoms with Gasteiger partial charge in [0.05, 0.1) is 20.8 Å². The van der Waals surface area contributed by atoms with Gasteiger partial charge in [-0.2, -0.15) is 0 Å². The molecule has 0 saturated carbocycles. The van der Waals surface area contributed by atoms with Crippen LogP contribution in [0.25, 0.3) is 0 Å². The first kappa shape index (κ1) is 19.5. The first-order valence-corrected chi connectivity index (χ1v) is 8.95. The Balaban J connectivity index is 1.67. The van der Waals surface area contributed by atoms with Gasteiger partial charge in [-0.15, -0.1) is 0 Å². The Morgan fingerprint density at radius 1 is 1.00 bits per heavy atom. The molecule has 1 heterocycles. The summed E-state index contributed by atoms with van der Waals surface area (Å²) in [6, 6.07) is 12.1. The third kappa shape index (κ3) is 3.60. The summed E-state index contributed by atoms with van der Waals surface area (Å²) in [5.41, 5.74) is 0.487. The van der Waals surface area contributed by atoms with Crippen LogP contribution >= 0.6 is 0 Å². The maximum Gasteiger partial charge on any atom is 0.325 e. The molecule has 28 heavy (non-hydrogen) atoms. The number of hydrogen-bond donors (Lipinski definition) is 1. The van der Waals surface area contributed by atoms with Crippen molar-refractivity contribution in [1.82, 2.24) is 10.2 Å². The number of methoxy groups -OCH3 is 2. The van der Waals surface area contributed by atoms with E-state index in [9.17, 15) is 9.59 Å². The Morgan fingerprint density at radius 3 is 2.29 bits per heavy atom. The van der Waals surface area contributed by atoms with Crippen molar-refractivity contribution in [3.8, 4) is 17.2 Å². The molecule has 1 saturated heterocycles. The van der Waals surface area contributed by atoms with Gasteiger partial charge in [0, 0.05) is 0 Å². The number of ether oxygens (including phenoxy) is 3. The largest absolute Gasteiger partial charge is 0.497 e. The number of hydrogen-bond acceptors (Lipinski definition) is 5. The van der Waals surface area contributed by atoms with Crippen LogP contribution in [0.4, 0.5) is 4.79 Å². The van der Waals surface area contributed by atoms with E-state index in [0.29, 0.717) is 11.3 Å². The highest BCUT2D eigenvalue weighted by molar-refractivity contribution is 6.07. The normalized spacial score (nSPS) is 18.8. The molecular formula is C21H24N2O5. The molecule has 2 aromatic rings. The monoisotopic (exact) mass is 384 g/mol. The average Bonchev–Trinajstić information content (AvgIpc) is 2.92. The van der Waals surface area contributed by atoms with E-state index in [1.165, 1.54) is 4.90 Å². The van der Waals surface area contributed by atoms with Crippen LogP contribution in [0.2, 0.25) is 0 Å². The van der Waals surface area contributed by atoms with Crippen LogP contribution in [-0.4, -0.2) is 44.2 Å². The number of amides is 3. The lowest BCUT2D eigenvalue weighted by Gasteiger charge is -2.23. The first-order valence-electron chi connectivity index (χ1n) is 8.95. The molecule has 3 amide bonds. The molecule has 7 nitrogen and oxygen atoms in total. The topological polar surface area (TPSA) is 77.1 Å². The summed E-state index contributed by atoms with van der Waals surface area (Å²) in [6.45, 7) is 3.96. The number of aryl methyl sites for hydroxylation is 1. The molecule has 148 valence electrons. The molecule has 1 unspecified atom stereocenters. The Hall–Kier alpha value is -3.22. The van der Waals surface area contributed by atoms with Crippen LogP contribution in [-0.2, 0) is 10.3 Å². The van der Waals surface area contributed by atoms with Gasteiger partial charge in [0.1, 0.15) is 29.4 Å². The predicted octanol–water partition coefficient (Wildman–Crippen LogP) is 2.86. The van der Waals surface area contributed by atoms with Crippen molar-refractivity contribution in [2.24, 2.45) is 0 Å². The fraction of sp³-hybridized carbons (Fsp3) is 0.333. The smallest absolute Gasteiger partial charge is 0.325 e. The maximum atomic E-state index is 13.0. The van der Waals surface area contributed by atoms with Crippen molar-refractivity contribution in [2.75, 3.05) is 27.4 Å². The Kier molecular flexibility index (Phi) is 5.44. The van der Waals surface area contributed by atoms with E-state index in [4.69, 9.17) is 14.2 Å². The van der Waals surface area contributed by atoms with Gasteiger partial charge in [-0.3, -0.25) is 9.69 Å². The first-order chi connectivity index (χ1) is 13.4. The third-order valence-corrected chi connectivity index (χ3v) is 4.89. The van der Waals surface area contributed by atoms with Crippen molar-refractivity contribution < 1.29 is 23.8 Å². The second-order valence-corrected chi connectivity index (χ2v) is 6.72. The van der Waals surface area contributed by atoms with Gasteiger partial charge in [0.2, 0.25) is 0 Å². The van der Waals surface area contributed by atoms with Crippen LogP contribution < -0.4 is 19.5 Å². The van der Waals surface area contributed by atoms with E-state index in [1.54, 1.807) is 57.5 Å². The molecule has 0 bridgehead atoms. The Bertz CT molecular complexity index is 881. The van der Waals surface area contributed by atoms with Crippen molar-refractivity contribution in [2.45, 2.75) is 19.4 Å². The number of rotatable bonds is 7. The quantitative estimate of drug-likeness (QED) is 0.743. The SMILES string of the molecule is COc1ccc(OCCN2C(=O)NC(C)(c3ccc(OC)c(C)c3)C2=O)cc1. The van der Waals surface area contributed by atoms with E-state index in [0.717, 1.165) is 17.1 Å². The zero-order chi connectivity index (χ0) is 20.3. The number of nitrogens with one attached hydrogen (secondary N) is 1. The summed E-state index contributed by atoms with van der Waals surface area (Å²) in [6.07, 6.45) is 0. The lowest BCUT2D eigenvalue weighted by atomic mass is 9.90. The lowest BCUT2D eigenvalue weighted by Crippen LogP contribution is -2.41. The molecule has 0 radical (unpaired) electrons. The minimum Gasteiger partial charge on any atom is -0.497 e. The molecule has 0 spiro atoms. The number of urea groups is 1. The van der Waals surface area contributed by atoms with Gasteiger partial charge in [0.25, 0.3) is 5.91 Å². The second-order valence-electron chi connectivity index (χ2n) is 6.72. The molecular weight excluding hydrogens is 360 g/mol. The molecule has 1 atom stereocenters. The zero-order valence-corrected chi connectivity index (χ0v) is 16.4. The number of imide groups is 1. The summed E-state index contributed by atoms with van der Waals surface area (Å²) < 4.78 is 16.0. The summed E-state index contributed by atoms with van der Waals surface area (Å²) in [5.74, 6) is 1.79. The van der Waals surface area contributed by atoms with E-state index in [-0.39, 0.29) is 19.1 Å². The highest BCUT2D eigenvalue weighted by atomic mass is 16.5. The van der Waals surface area contributed by atoms with E-state index in [2.05, 4.69) is 5.32 Å². The molecule has 1 N–H and O–H groups in total. The zero-order valence-electron chi connectivity index (χ0n) is 16.4. The predicted molar refractivity (Wildman–Crippen MR) is 104 cm³/mol. The van der Waals surface area contributed by atoms with Crippen LogP contribution in [0.1, 0.15) is 18.1 Å². The summed E-state index contributed by atoms with van der Waals surface area (Å²) in [4.78, 5) is 26.6. The molecule has 1 fully saturated rings. The molecule has 1 aliphatic rings. The number of nitrogens with zero attached hydrogens (tertiary/aromatic N) is 1. The van der Waals surface area contributed by atoms with E-state index in [1.807, 2.05) is 13.0 Å². The summed E-state index contributed by atoms with van der Waals surface area (Å²) in [7, 11) is 3.19. The van der Waals surface area contributed by atoms with Gasteiger partial charge in [0.15, 0.2) is 0 Å². The molecule has 0 aliphatic carbocycles. The van der Waals surface area contributed by atoms with Crippen molar-refractivity contribution in [3.05, 3.63) is 53.6 Å². The standard InChI is InChI=1S/C21H24N2O5/c1-14-13-15(5-10-18(14)27-4)21(2)19(24)23(20(25)22-21)11-12-28-17-8-6-16(26-3)7-9-17/h5-10,13H,11-12H2,1-4H3,(H,22,25). The van der Waals surface area contributed by atoms with Crippen LogP contribution in [0, 0.1) is 6.92 Å². The van der Waals surface area contributed by atoms with Crippen LogP contribution in [0.5, 0.6) is 17.2 Å². The average molecular weight is 384 g/mol. The Labute approximate surface area is 164 Å². The fourth-order valence-corrected chi connectivity index (χ4v) is 3.21.